The van der Waals surface area contributed by atoms with Gasteiger partial charge in [-0.1, -0.05) is 29.8 Å². The van der Waals surface area contributed by atoms with Crippen LogP contribution in [0.4, 0.5) is 0 Å². The number of esters is 1. The minimum Gasteiger partial charge on any atom is -0.496 e. The summed E-state index contributed by atoms with van der Waals surface area (Å²) in [6.45, 7) is 1.59. The molecule has 0 radical (unpaired) electrons. The van der Waals surface area contributed by atoms with Gasteiger partial charge in [0.2, 0.25) is 5.76 Å². The van der Waals surface area contributed by atoms with Gasteiger partial charge in [-0.25, -0.2) is 4.79 Å². The highest BCUT2D eigenvalue weighted by Gasteiger charge is 2.20. The SMILES string of the molecule is COc1ccccc1CNC(=O)COC(=O)c1oc2ccc(Cl)cc2c1C. The molecule has 0 aliphatic rings. The molecule has 2 aromatic carbocycles. The molecule has 6 nitrogen and oxygen atoms in total. The Labute approximate surface area is 161 Å². The molecule has 140 valence electrons. The van der Waals surface area contributed by atoms with Crippen LogP contribution >= 0.6 is 11.6 Å². The van der Waals surface area contributed by atoms with Gasteiger partial charge in [0.1, 0.15) is 11.3 Å². The average Bonchev–Trinajstić information content (AvgIpc) is 3.00. The van der Waals surface area contributed by atoms with Crippen molar-refractivity contribution < 1.29 is 23.5 Å². The number of hydrogen-bond acceptors (Lipinski definition) is 5. The third-order valence-corrected chi connectivity index (χ3v) is 4.32. The summed E-state index contributed by atoms with van der Waals surface area (Å²) in [6, 6.07) is 12.4. The molecule has 0 saturated carbocycles. The molecule has 0 aliphatic heterocycles. The van der Waals surface area contributed by atoms with Crippen LogP contribution in [-0.2, 0) is 16.1 Å². The van der Waals surface area contributed by atoms with E-state index in [2.05, 4.69) is 5.32 Å². The Morgan fingerprint density at radius 3 is 2.74 bits per heavy atom. The molecular formula is C20H18ClNO5. The van der Waals surface area contributed by atoms with Crippen LogP contribution in [0.5, 0.6) is 5.75 Å². The Bertz CT molecular complexity index is 995. The van der Waals surface area contributed by atoms with Crippen molar-refractivity contribution in [3.63, 3.8) is 0 Å². The summed E-state index contributed by atoms with van der Waals surface area (Å²) in [5, 5.41) is 3.96. The topological polar surface area (TPSA) is 77.8 Å². The van der Waals surface area contributed by atoms with E-state index in [0.29, 0.717) is 21.9 Å². The molecular weight excluding hydrogens is 370 g/mol. The van der Waals surface area contributed by atoms with Crippen LogP contribution in [0.1, 0.15) is 21.7 Å². The van der Waals surface area contributed by atoms with Crippen LogP contribution in [0.3, 0.4) is 0 Å². The molecule has 1 amide bonds. The number of furan rings is 1. The van der Waals surface area contributed by atoms with E-state index in [9.17, 15) is 9.59 Å². The van der Waals surface area contributed by atoms with E-state index in [4.69, 9.17) is 25.5 Å². The number of halogens is 1. The highest BCUT2D eigenvalue weighted by Crippen LogP contribution is 2.28. The van der Waals surface area contributed by atoms with Crippen LogP contribution in [0.2, 0.25) is 5.02 Å². The van der Waals surface area contributed by atoms with Crippen LogP contribution in [-0.4, -0.2) is 25.6 Å². The fourth-order valence-corrected chi connectivity index (χ4v) is 2.85. The normalized spacial score (nSPS) is 10.6. The number of hydrogen-bond donors (Lipinski definition) is 1. The lowest BCUT2D eigenvalue weighted by Gasteiger charge is -2.09. The Balaban J connectivity index is 1.59. The van der Waals surface area contributed by atoms with E-state index in [1.165, 1.54) is 0 Å². The molecule has 0 unspecified atom stereocenters. The van der Waals surface area contributed by atoms with Gasteiger partial charge in [0.15, 0.2) is 6.61 Å². The summed E-state index contributed by atoms with van der Waals surface area (Å²) in [5.41, 5.74) is 1.97. The zero-order chi connectivity index (χ0) is 19.4. The molecule has 0 saturated heterocycles. The standard InChI is InChI=1S/C20H18ClNO5/c1-12-15-9-14(21)7-8-17(15)27-19(12)20(24)26-11-18(23)22-10-13-5-3-4-6-16(13)25-2/h3-9H,10-11H2,1-2H3,(H,22,23). The number of fused-ring (bicyclic) bond motifs is 1. The first kappa shape index (κ1) is 18.8. The number of amides is 1. The van der Waals surface area contributed by atoms with Crippen molar-refractivity contribution in [1.82, 2.24) is 5.32 Å². The van der Waals surface area contributed by atoms with Gasteiger partial charge in [0.05, 0.1) is 7.11 Å². The van der Waals surface area contributed by atoms with Crippen LogP contribution in [0.15, 0.2) is 46.9 Å². The Morgan fingerprint density at radius 1 is 1.19 bits per heavy atom. The molecule has 1 heterocycles. The van der Waals surface area contributed by atoms with Crippen molar-refractivity contribution in [3.8, 4) is 5.75 Å². The maximum atomic E-state index is 12.3. The second-order valence-electron chi connectivity index (χ2n) is 5.86. The molecule has 0 atom stereocenters. The summed E-state index contributed by atoms with van der Waals surface area (Å²) < 4.78 is 15.8. The van der Waals surface area contributed by atoms with Crippen molar-refractivity contribution in [2.24, 2.45) is 0 Å². The van der Waals surface area contributed by atoms with Crippen molar-refractivity contribution in [2.45, 2.75) is 13.5 Å². The van der Waals surface area contributed by atoms with Gasteiger partial charge in [-0.05, 0) is 31.2 Å². The van der Waals surface area contributed by atoms with E-state index in [1.807, 2.05) is 18.2 Å². The Hall–Kier alpha value is -2.99. The summed E-state index contributed by atoms with van der Waals surface area (Å²) >= 11 is 5.97. The third kappa shape index (κ3) is 4.23. The highest BCUT2D eigenvalue weighted by atomic mass is 35.5. The fourth-order valence-electron chi connectivity index (χ4n) is 2.68. The van der Waals surface area contributed by atoms with Gasteiger partial charge >= 0.3 is 5.97 Å². The molecule has 3 rings (SSSR count). The number of benzene rings is 2. The van der Waals surface area contributed by atoms with Gasteiger partial charge < -0.3 is 19.2 Å². The lowest BCUT2D eigenvalue weighted by Crippen LogP contribution is -2.28. The van der Waals surface area contributed by atoms with Gasteiger partial charge in [0.25, 0.3) is 5.91 Å². The number of carbonyl (C=O) groups is 2. The highest BCUT2D eigenvalue weighted by molar-refractivity contribution is 6.31. The van der Waals surface area contributed by atoms with Crippen molar-refractivity contribution in [1.29, 1.82) is 0 Å². The number of para-hydroxylation sites is 1. The van der Waals surface area contributed by atoms with Gasteiger partial charge in [-0.15, -0.1) is 0 Å². The zero-order valence-electron chi connectivity index (χ0n) is 14.9. The Morgan fingerprint density at radius 2 is 1.96 bits per heavy atom. The first-order valence-electron chi connectivity index (χ1n) is 8.24. The number of nitrogens with one attached hydrogen (secondary N) is 1. The van der Waals surface area contributed by atoms with E-state index in [-0.39, 0.29) is 12.3 Å². The molecule has 0 aliphatic carbocycles. The molecule has 1 N–H and O–H groups in total. The monoisotopic (exact) mass is 387 g/mol. The van der Waals surface area contributed by atoms with Crippen LogP contribution in [0, 0.1) is 6.92 Å². The number of ether oxygens (including phenoxy) is 2. The fraction of sp³-hybridized carbons (Fsp3) is 0.200. The third-order valence-electron chi connectivity index (χ3n) is 4.09. The van der Waals surface area contributed by atoms with E-state index in [0.717, 1.165) is 10.9 Å². The van der Waals surface area contributed by atoms with E-state index < -0.39 is 18.5 Å². The summed E-state index contributed by atoms with van der Waals surface area (Å²) in [6.07, 6.45) is 0. The van der Waals surface area contributed by atoms with Crippen molar-refractivity contribution in [2.75, 3.05) is 13.7 Å². The van der Waals surface area contributed by atoms with Crippen LogP contribution < -0.4 is 10.1 Å². The maximum absolute atomic E-state index is 12.3. The maximum Gasteiger partial charge on any atom is 0.375 e. The van der Waals surface area contributed by atoms with Crippen molar-refractivity contribution in [3.05, 3.63) is 64.4 Å². The number of carbonyl (C=O) groups excluding carboxylic acids is 2. The molecule has 0 spiro atoms. The van der Waals surface area contributed by atoms with Crippen molar-refractivity contribution >= 4 is 34.4 Å². The predicted molar refractivity (Wildman–Crippen MR) is 101 cm³/mol. The minimum atomic E-state index is -0.702. The van der Waals surface area contributed by atoms with E-state index >= 15 is 0 Å². The molecule has 0 fully saturated rings. The quantitative estimate of drug-likeness (QED) is 0.649. The Kier molecular flexibility index (Phi) is 5.66. The van der Waals surface area contributed by atoms with Gasteiger partial charge in [-0.2, -0.15) is 0 Å². The summed E-state index contributed by atoms with van der Waals surface area (Å²) in [7, 11) is 1.56. The molecule has 0 bridgehead atoms. The molecule has 3 aromatic rings. The van der Waals surface area contributed by atoms with E-state index in [1.54, 1.807) is 38.3 Å². The van der Waals surface area contributed by atoms with Crippen LogP contribution in [0.25, 0.3) is 11.0 Å². The second kappa shape index (κ2) is 8.14. The summed E-state index contributed by atoms with van der Waals surface area (Å²) in [5.74, 6) is -0.394. The first-order chi connectivity index (χ1) is 13.0. The first-order valence-corrected chi connectivity index (χ1v) is 8.61. The number of rotatable bonds is 6. The number of methoxy groups -OCH3 is 1. The summed E-state index contributed by atoms with van der Waals surface area (Å²) in [4.78, 5) is 24.2. The largest absolute Gasteiger partial charge is 0.496 e. The van der Waals surface area contributed by atoms with Gasteiger partial charge in [0, 0.05) is 28.1 Å². The molecule has 7 heteroatoms. The lowest BCUT2D eigenvalue weighted by atomic mass is 10.1. The predicted octanol–water partition coefficient (Wildman–Crippen LogP) is 3.88. The average molecular weight is 388 g/mol. The minimum absolute atomic E-state index is 0.0600. The van der Waals surface area contributed by atoms with Gasteiger partial charge in [-0.3, -0.25) is 4.79 Å². The molecule has 1 aromatic heterocycles. The zero-order valence-corrected chi connectivity index (χ0v) is 15.6. The lowest BCUT2D eigenvalue weighted by molar-refractivity contribution is -0.124. The second-order valence-corrected chi connectivity index (χ2v) is 6.30. The molecule has 27 heavy (non-hydrogen) atoms. The smallest absolute Gasteiger partial charge is 0.375 e. The number of aryl methyl sites for hydroxylation is 1.